The predicted molar refractivity (Wildman–Crippen MR) is 299 cm³/mol. The van der Waals surface area contributed by atoms with Crippen molar-refractivity contribution in [3.8, 4) is 0 Å². The smallest absolute Gasteiger partial charge is 0.415 e. The molecule has 1 aromatic rings. The summed E-state index contributed by atoms with van der Waals surface area (Å²) in [7, 11) is -13.0. The first kappa shape index (κ1) is 60.0. The Balaban J connectivity index is 1.60. The summed E-state index contributed by atoms with van der Waals surface area (Å²) >= 11 is 0. The van der Waals surface area contributed by atoms with E-state index in [4.69, 9.17) is 27.0 Å². The highest BCUT2D eigenvalue weighted by molar-refractivity contribution is 7.93. The number of rotatable bonds is 21. The third kappa shape index (κ3) is 14.8. The average molecular weight is 1040 g/mol. The molecule has 0 bridgehead atoms. The number of nitrogens with one attached hydrogen (secondary N) is 2. The monoisotopic (exact) mass is 1040 g/mol. The molecule has 3 aliphatic rings. The standard InChI is InChI=1S/C51H102BN3O8SSi4/c1-46(2,3)65(17,18)58-37-42-44(60-67(21,22)48(7,8)9)45(61-68(23,24)49(10,11)12)43(59-66(19,20)47(4,5)6)36-55(42)32-28-26-25-27-31-53-39-33-38(52-62-50(13,14)51(15,16)63-52)34-40(35-39)54-64(56,57)41-29-30-41/h33-35,41-45,53-54H,25-32,36-37H2,1-24H3/t42-,43?,44?,45?/m1/s1. The predicted octanol–water partition coefficient (Wildman–Crippen LogP) is 12.7. The second-order valence-corrected chi connectivity index (χ2v) is 48.9. The van der Waals surface area contributed by atoms with Crippen LogP contribution in [0.1, 0.15) is 149 Å². The van der Waals surface area contributed by atoms with Gasteiger partial charge < -0.3 is 32.3 Å². The van der Waals surface area contributed by atoms with Gasteiger partial charge in [0, 0.05) is 18.8 Å². The van der Waals surface area contributed by atoms with Crippen molar-refractivity contribution in [2.75, 3.05) is 36.3 Å². The Hall–Kier alpha value is -0.578. The molecule has 2 aliphatic heterocycles. The molecule has 3 unspecified atom stereocenters. The van der Waals surface area contributed by atoms with Crippen molar-refractivity contribution >= 4 is 67.2 Å². The highest BCUT2D eigenvalue weighted by atomic mass is 32.2. The maximum absolute atomic E-state index is 13.1. The molecule has 2 heterocycles. The van der Waals surface area contributed by atoms with Crippen LogP contribution in [0.25, 0.3) is 0 Å². The Bertz CT molecular complexity index is 1940. The van der Waals surface area contributed by atoms with Crippen LogP contribution in [0.2, 0.25) is 72.5 Å². The van der Waals surface area contributed by atoms with Crippen LogP contribution in [0.15, 0.2) is 18.2 Å². The van der Waals surface area contributed by atoms with Gasteiger partial charge in [0.05, 0.1) is 53.1 Å². The molecule has 1 aromatic carbocycles. The second-order valence-electron chi connectivity index (χ2n) is 27.9. The number of sulfonamides is 1. The summed E-state index contributed by atoms with van der Waals surface area (Å²) in [5.41, 5.74) is 1.14. The maximum Gasteiger partial charge on any atom is 0.494 e. The van der Waals surface area contributed by atoms with Crippen molar-refractivity contribution in [2.45, 2.75) is 263 Å². The van der Waals surface area contributed by atoms with E-state index in [2.05, 4.69) is 150 Å². The fourth-order valence-electron chi connectivity index (χ4n) is 7.64. The van der Waals surface area contributed by atoms with Gasteiger partial charge in [-0.25, -0.2) is 8.42 Å². The van der Waals surface area contributed by atoms with E-state index in [1.165, 1.54) is 0 Å². The van der Waals surface area contributed by atoms with Gasteiger partial charge in [-0.3, -0.25) is 9.62 Å². The fourth-order valence-corrected chi connectivity index (χ4v) is 14.0. The lowest BCUT2D eigenvalue weighted by Gasteiger charge is -2.56. The lowest BCUT2D eigenvalue weighted by molar-refractivity contribution is -0.128. The normalized spacial score (nSPS) is 23.9. The topological polar surface area (TPSA) is 117 Å². The van der Waals surface area contributed by atoms with Crippen molar-refractivity contribution in [1.82, 2.24) is 4.90 Å². The summed E-state index contributed by atoms with van der Waals surface area (Å²) in [4.78, 5) is 2.68. The van der Waals surface area contributed by atoms with E-state index in [-0.39, 0.29) is 49.8 Å². The number of anilines is 2. The van der Waals surface area contributed by atoms with Crippen LogP contribution in [-0.2, 0) is 37.0 Å². The first-order valence-electron chi connectivity index (χ1n) is 26.1. The third-order valence-corrected chi connectivity index (χ3v) is 37.3. The first-order chi connectivity index (χ1) is 30.4. The molecule has 0 spiro atoms. The van der Waals surface area contributed by atoms with Gasteiger partial charge in [0.1, 0.15) is 0 Å². The Morgan fingerprint density at radius 3 is 1.59 bits per heavy atom. The minimum Gasteiger partial charge on any atom is -0.415 e. The molecule has 0 aromatic heterocycles. The minimum absolute atomic E-state index is 0.00502. The van der Waals surface area contributed by atoms with Gasteiger partial charge in [0.25, 0.3) is 0 Å². The molecule has 17 heteroatoms. The van der Waals surface area contributed by atoms with E-state index in [1.54, 1.807) is 0 Å². The molecule has 2 saturated heterocycles. The summed E-state index contributed by atoms with van der Waals surface area (Å²) in [6, 6.07) is 5.79. The van der Waals surface area contributed by atoms with E-state index >= 15 is 0 Å². The van der Waals surface area contributed by atoms with Crippen LogP contribution in [0.3, 0.4) is 0 Å². The quantitative estimate of drug-likeness (QED) is 0.0911. The number of benzene rings is 1. The van der Waals surface area contributed by atoms with Gasteiger partial charge in [0.15, 0.2) is 33.3 Å². The zero-order chi connectivity index (χ0) is 52.1. The van der Waals surface area contributed by atoms with Crippen molar-refractivity contribution in [1.29, 1.82) is 0 Å². The van der Waals surface area contributed by atoms with Crippen LogP contribution in [0.4, 0.5) is 11.4 Å². The van der Waals surface area contributed by atoms with E-state index in [0.29, 0.717) is 25.1 Å². The highest BCUT2D eigenvalue weighted by Crippen LogP contribution is 2.46. The molecule has 4 rings (SSSR count). The van der Waals surface area contributed by atoms with Crippen LogP contribution in [0.5, 0.6) is 0 Å². The Labute approximate surface area is 422 Å². The Morgan fingerprint density at radius 2 is 1.10 bits per heavy atom. The number of unbranched alkanes of at least 4 members (excludes halogenated alkanes) is 3. The minimum atomic E-state index is -3.45. The number of hydrogen-bond donors (Lipinski definition) is 2. The molecule has 0 amide bonds. The zero-order valence-corrected chi connectivity index (χ0v) is 52.7. The van der Waals surface area contributed by atoms with Gasteiger partial charge >= 0.3 is 7.12 Å². The molecule has 3 fully saturated rings. The lowest BCUT2D eigenvalue weighted by Crippen LogP contribution is -2.70. The van der Waals surface area contributed by atoms with Crippen molar-refractivity contribution in [2.24, 2.45) is 0 Å². The van der Waals surface area contributed by atoms with Gasteiger partial charge in [-0.05, 0) is 156 Å². The van der Waals surface area contributed by atoms with Crippen LogP contribution in [0, 0.1) is 0 Å². The van der Waals surface area contributed by atoms with Gasteiger partial charge in [0.2, 0.25) is 10.0 Å². The molecule has 394 valence electrons. The molecule has 2 N–H and O–H groups in total. The van der Waals surface area contributed by atoms with Gasteiger partial charge in [-0.15, -0.1) is 0 Å². The Morgan fingerprint density at radius 1 is 0.647 bits per heavy atom. The van der Waals surface area contributed by atoms with E-state index in [0.717, 1.165) is 56.5 Å². The van der Waals surface area contributed by atoms with Gasteiger partial charge in [-0.2, -0.15) is 0 Å². The van der Waals surface area contributed by atoms with Crippen LogP contribution < -0.4 is 15.5 Å². The highest BCUT2D eigenvalue weighted by Gasteiger charge is 2.56. The van der Waals surface area contributed by atoms with E-state index in [1.807, 2.05) is 45.9 Å². The summed E-state index contributed by atoms with van der Waals surface area (Å²) in [5.74, 6) is 0. The SMILES string of the molecule is CC1(C)OB(c2cc(NCCCCCCN3CC(O[Si](C)(C)C(C)(C)C)C(O[Si](C)(C)C(C)(C)C)C(O[Si](C)(C)C(C)(C)C)[C@H]3CO[Si](C)(C)C(C)(C)C)cc(NS(=O)(=O)C3CC3)c2)OC1(C)C. The average Bonchev–Trinajstić information content (AvgIpc) is 3.97. The largest absolute Gasteiger partial charge is 0.494 e. The lowest BCUT2D eigenvalue weighted by atomic mass is 9.78. The molecule has 1 saturated carbocycles. The summed E-state index contributed by atoms with van der Waals surface area (Å²) < 4.78 is 72.0. The number of piperidine rings is 1. The van der Waals surface area contributed by atoms with E-state index < -0.39 is 61.6 Å². The molecule has 1 aliphatic carbocycles. The molecule has 4 atom stereocenters. The summed E-state index contributed by atoms with van der Waals surface area (Å²) in [6.45, 7) is 58.3. The zero-order valence-electron chi connectivity index (χ0n) is 47.9. The number of nitrogens with zero attached hydrogens (tertiary/aromatic N) is 1. The maximum atomic E-state index is 13.1. The van der Waals surface area contributed by atoms with Gasteiger partial charge in [-0.1, -0.05) is 95.9 Å². The van der Waals surface area contributed by atoms with Crippen LogP contribution in [-0.4, -0.2) is 121 Å². The first-order valence-corrected chi connectivity index (χ1v) is 39.3. The summed E-state index contributed by atoms with van der Waals surface area (Å²) in [6.07, 6.45) is 4.95. The fraction of sp³-hybridized carbons (Fsp3) is 0.882. The third-order valence-electron chi connectivity index (χ3n) is 17.5. The molecule has 0 radical (unpaired) electrons. The van der Waals surface area contributed by atoms with Crippen molar-refractivity contribution < 1.29 is 35.4 Å². The number of likely N-dealkylation sites (tertiary alicyclic amines) is 1. The van der Waals surface area contributed by atoms with Crippen molar-refractivity contribution in [3.63, 3.8) is 0 Å². The second kappa shape index (κ2) is 21.0. The Kier molecular flexibility index (Phi) is 18.5. The molecular weight excluding hydrogens is 938 g/mol. The molecule has 68 heavy (non-hydrogen) atoms. The van der Waals surface area contributed by atoms with E-state index in [9.17, 15) is 8.42 Å². The van der Waals surface area contributed by atoms with Crippen molar-refractivity contribution in [3.05, 3.63) is 18.2 Å². The number of hydrogen-bond acceptors (Lipinski definition) is 10. The molecular formula is C51H102BN3O8SSi4. The molecule has 11 nitrogen and oxygen atoms in total. The summed E-state index contributed by atoms with van der Waals surface area (Å²) in [5, 5.41) is 3.42. The van der Waals surface area contributed by atoms with Crippen LogP contribution >= 0.6 is 0 Å².